The van der Waals surface area contributed by atoms with E-state index in [2.05, 4.69) is 0 Å². The highest BCUT2D eigenvalue weighted by molar-refractivity contribution is 6.31. The molecular weight excluding hydrogens is 279 g/mol. The van der Waals surface area contributed by atoms with Gasteiger partial charge in [0.25, 0.3) is 11.6 Å². The zero-order chi connectivity index (χ0) is 13.9. The maximum absolute atomic E-state index is 12.0. The third kappa shape index (κ3) is 3.58. The number of hydrogen-bond donors (Lipinski definition) is 0. The van der Waals surface area contributed by atoms with Crippen molar-refractivity contribution in [2.45, 2.75) is 12.3 Å². The van der Waals surface area contributed by atoms with Crippen LogP contribution in [-0.4, -0.2) is 34.7 Å². The Hall–Kier alpha value is -1.33. The van der Waals surface area contributed by atoms with Gasteiger partial charge in [0.15, 0.2) is 0 Å². The molecule has 7 heteroatoms. The second kappa shape index (κ2) is 6.02. The molecule has 0 spiro atoms. The molecule has 98 valence electrons. The van der Waals surface area contributed by atoms with E-state index in [1.54, 1.807) is 14.0 Å². The maximum Gasteiger partial charge on any atom is 0.283 e. The van der Waals surface area contributed by atoms with Crippen LogP contribution in [0.1, 0.15) is 17.3 Å². The third-order valence-corrected chi connectivity index (χ3v) is 2.63. The molecule has 0 aromatic heterocycles. The SMILES string of the molecule is CC(Cl)CN(C)C(=O)c1ccc(Cl)cc1[N+](=O)[O-]. The lowest BCUT2D eigenvalue weighted by atomic mass is 10.1. The van der Waals surface area contributed by atoms with Gasteiger partial charge >= 0.3 is 0 Å². The number of nitrogens with zero attached hydrogens (tertiary/aromatic N) is 2. The topological polar surface area (TPSA) is 63.5 Å². The molecule has 18 heavy (non-hydrogen) atoms. The van der Waals surface area contributed by atoms with Crippen molar-refractivity contribution in [2.75, 3.05) is 13.6 Å². The molecule has 1 rings (SSSR count). The number of nitro benzene ring substituents is 1. The number of amides is 1. The Bertz CT molecular complexity index is 477. The standard InChI is InChI=1S/C11H12Cl2N2O3/c1-7(12)6-14(2)11(16)9-4-3-8(13)5-10(9)15(17)18/h3-5,7H,6H2,1-2H3. The van der Waals surface area contributed by atoms with E-state index in [0.717, 1.165) is 6.07 Å². The molecule has 0 fully saturated rings. The number of carbonyl (C=O) groups excluding carboxylic acids is 1. The van der Waals surface area contributed by atoms with Gasteiger partial charge in [-0.2, -0.15) is 0 Å². The highest BCUT2D eigenvalue weighted by atomic mass is 35.5. The van der Waals surface area contributed by atoms with E-state index in [0.29, 0.717) is 6.54 Å². The minimum Gasteiger partial charge on any atom is -0.340 e. The van der Waals surface area contributed by atoms with Gasteiger partial charge in [0.1, 0.15) is 5.56 Å². The molecule has 0 heterocycles. The van der Waals surface area contributed by atoms with E-state index in [9.17, 15) is 14.9 Å². The Labute approximate surface area is 114 Å². The first-order valence-electron chi connectivity index (χ1n) is 5.16. The molecule has 1 aromatic carbocycles. The fraction of sp³-hybridized carbons (Fsp3) is 0.364. The molecule has 0 saturated heterocycles. The van der Waals surface area contributed by atoms with Crippen LogP contribution in [-0.2, 0) is 0 Å². The molecule has 0 radical (unpaired) electrons. The molecule has 1 aromatic rings. The summed E-state index contributed by atoms with van der Waals surface area (Å²) in [6.07, 6.45) is 0. The first-order chi connectivity index (χ1) is 8.32. The first kappa shape index (κ1) is 14.7. The minimum absolute atomic E-state index is 0.00390. The number of benzene rings is 1. The van der Waals surface area contributed by atoms with Crippen LogP contribution in [0.4, 0.5) is 5.69 Å². The number of alkyl halides is 1. The van der Waals surface area contributed by atoms with Gasteiger partial charge in [-0.15, -0.1) is 11.6 Å². The summed E-state index contributed by atoms with van der Waals surface area (Å²) in [5.41, 5.74) is -0.300. The van der Waals surface area contributed by atoms with Crippen molar-refractivity contribution in [3.8, 4) is 0 Å². The summed E-state index contributed by atoms with van der Waals surface area (Å²) >= 11 is 11.5. The van der Waals surface area contributed by atoms with E-state index < -0.39 is 10.8 Å². The van der Waals surface area contributed by atoms with E-state index >= 15 is 0 Å². The summed E-state index contributed by atoms with van der Waals surface area (Å²) in [5, 5.41) is 10.9. The van der Waals surface area contributed by atoms with Crippen LogP contribution >= 0.6 is 23.2 Å². The Morgan fingerprint density at radius 1 is 1.56 bits per heavy atom. The second-order valence-corrected chi connectivity index (χ2v) is 5.07. The predicted molar refractivity (Wildman–Crippen MR) is 70.4 cm³/mol. The van der Waals surface area contributed by atoms with Crippen LogP contribution in [0.5, 0.6) is 0 Å². The highest BCUT2D eigenvalue weighted by Gasteiger charge is 2.23. The molecule has 5 nitrogen and oxygen atoms in total. The number of hydrogen-bond acceptors (Lipinski definition) is 3. The van der Waals surface area contributed by atoms with Gasteiger partial charge in [0.05, 0.1) is 4.92 Å². The molecular formula is C11H12Cl2N2O3. The minimum atomic E-state index is -0.628. The number of rotatable bonds is 4. The predicted octanol–water partition coefficient (Wildman–Crippen LogP) is 2.95. The normalized spacial score (nSPS) is 12.0. The van der Waals surface area contributed by atoms with Gasteiger partial charge < -0.3 is 4.90 Å². The van der Waals surface area contributed by atoms with Gasteiger partial charge in [0.2, 0.25) is 0 Å². The Balaban J connectivity index is 3.09. The molecule has 0 aliphatic carbocycles. The van der Waals surface area contributed by atoms with Crippen molar-refractivity contribution < 1.29 is 9.72 Å². The van der Waals surface area contributed by atoms with Crippen molar-refractivity contribution in [3.63, 3.8) is 0 Å². The van der Waals surface area contributed by atoms with Crippen molar-refractivity contribution in [2.24, 2.45) is 0 Å². The monoisotopic (exact) mass is 290 g/mol. The summed E-state index contributed by atoms with van der Waals surface area (Å²) in [7, 11) is 1.54. The van der Waals surface area contributed by atoms with Gasteiger partial charge in [-0.3, -0.25) is 14.9 Å². The first-order valence-corrected chi connectivity index (χ1v) is 5.98. The Kier molecular flexibility index (Phi) is 4.93. The molecule has 0 bridgehead atoms. The van der Waals surface area contributed by atoms with Crippen LogP contribution < -0.4 is 0 Å². The largest absolute Gasteiger partial charge is 0.340 e. The molecule has 0 N–H and O–H groups in total. The lowest BCUT2D eigenvalue weighted by Crippen LogP contribution is -2.31. The summed E-state index contributed by atoms with van der Waals surface area (Å²) in [5.74, 6) is -0.453. The highest BCUT2D eigenvalue weighted by Crippen LogP contribution is 2.24. The van der Waals surface area contributed by atoms with Gasteiger partial charge in [0, 0.05) is 30.1 Å². The summed E-state index contributed by atoms with van der Waals surface area (Å²) in [6.45, 7) is 2.04. The van der Waals surface area contributed by atoms with Gasteiger partial charge in [-0.05, 0) is 19.1 Å². The average molecular weight is 291 g/mol. The van der Waals surface area contributed by atoms with E-state index in [1.807, 2.05) is 0 Å². The van der Waals surface area contributed by atoms with Crippen molar-refractivity contribution in [1.29, 1.82) is 0 Å². The molecule has 0 aliphatic rings. The van der Waals surface area contributed by atoms with Crippen molar-refractivity contribution in [1.82, 2.24) is 4.90 Å². The molecule has 1 unspecified atom stereocenters. The third-order valence-electron chi connectivity index (χ3n) is 2.26. The lowest BCUT2D eigenvalue weighted by Gasteiger charge is -2.18. The average Bonchev–Trinajstić information content (AvgIpc) is 2.26. The Morgan fingerprint density at radius 2 is 2.17 bits per heavy atom. The second-order valence-electron chi connectivity index (χ2n) is 3.89. The summed E-state index contributed by atoms with van der Waals surface area (Å²) in [4.78, 5) is 23.6. The van der Waals surface area contributed by atoms with Crippen molar-refractivity contribution in [3.05, 3.63) is 38.9 Å². The number of nitro groups is 1. The fourth-order valence-corrected chi connectivity index (χ4v) is 1.88. The van der Waals surface area contributed by atoms with Crippen LogP contribution in [0, 0.1) is 10.1 Å². The van der Waals surface area contributed by atoms with Gasteiger partial charge in [-0.1, -0.05) is 11.6 Å². The zero-order valence-corrected chi connectivity index (χ0v) is 11.4. The number of halogens is 2. The quantitative estimate of drug-likeness (QED) is 0.486. The van der Waals surface area contributed by atoms with Crippen LogP contribution in [0.3, 0.4) is 0 Å². The van der Waals surface area contributed by atoms with E-state index in [4.69, 9.17) is 23.2 Å². The number of carbonyl (C=O) groups is 1. The summed E-state index contributed by atoms with van der Waals surface area (Å²) in [6, 6.07) is 3.95. The van der Waals surface area contributed by atoms with Crippen LogP contribution in [0.25, 0.3) is 0 Å². The van der Waals surface area contributed by atoms with Crippen molar-refractivity contribution >= 4 is 34.8 Å². The lowest BCUT2D eigenvalue weighted by molar-refractivity contribution is -0.385. The zero-order valence-electron chi connectivity index (χ0n) is 9.89. The van der Waals surface area contributed by atoms with E-state index in [1.165, 1.54) is 17.0 Å². The molecule has 0 saturated carbocycles. The molecule has 0 aliphatic heterocycles. The maximum atomic E-state index is 12.0. The van der Waals surface area contributed by atoms with Crippen LogP contribution in [0.2, 0.25) is 5.02 Å². The van der Waals surface area contributed by atoms with Crippen LogP contribution in [0.15, 0.2) is 18.2 Å². The smallest absolute Gasteiger partial charge is 0.283 e. The molecule has 1 amide bonds. The fourth-order valence-electron chi connectivity index (χ4n) is 1.50. The van der Waals surface area contributed by atoms with E-state index in [-0.39, 0.29) is 21.7 Å². The Morgan fingerprint density at radius 3 is 2.67 bits per heavy atom. The molecule has 1 atom stereocenters. The summed E-state index contributed by atoms with van der Waals surface area (Å²) < 4.78 is 0. The van der Waals surface area contributed by atoms with Gasteiger partial charge in [-0.25, -0.2) is 0 Å².